The molecule has 0 heterocycles. The first kappa shape index (κ1) is 19.2. The smallest absolute Gasteiger partial charge is 0.254 e. The fourth-order valence-corrected chi connectivity index (χ4v) is 3.81. The third-order valence-corrected chi connectivity index (χ3v) is 5.24. The number of carbonyl (C=O) groups is 1. The molecule has 3 rings (SSSR count). The number of rotatable bonds is 6. The Hall–Kier alpha value is -2.53. The number of carbonyl (C=O) groups excluding carboxylic acids is 1. The van der Waals surface area contributed by atoms with Crippen molar-refractivity contribution < 1.29 is 19.7 Å². The van der Waals surface area contributed by atoms with Crippen LogP contribution in [0.5, 0.6) is 11.5 Å². The Balaban J connectivity index is 1.88. The van der Waals surface area contributed by atoms with Gasteiger partial charge < -0.3 is 19.8 Å². The molecule has 1 aliphatic rings. The third-order valence-electron chi connectivity index (χ3n) is 5.24. The average molecular weight is 369 g/mol. The van der Waals surface area contributed by atoms with Gasteiger partial charge in [-0.1, -0.05) is 37.5 Å². The van der Waals surface area contributed by atoms with E-state index in [-0.39, 0.29) is 24.3 Å². The number of hydrogen-bond acceptors (Lipinski definition) is 4. The number of methoxy groups -OCH3 is 1. The third kappa shape index (κ3) is 4.42. The average Bonchev–Trinajstić information content (AvgIpc) is 2.72. The van der Waals surface area contributed by atoms with Gasteiger partial charge in [-0.3, -0.25) is 4.79 Å². The quantitative estimate of drug-likeness (QED) is 0.812. The highest BCUT2D eigenvalue weighted by Gasteiger charge is 2.26. The molecule has 0 saturated heterocycles. The van der Waals surface area contributed by atoms with E-state index >= 15 is 0 Å². The Kier molecular flexibility index (Phi) is 6.35. The van der Waals surface area contributed by atoms with Crippen molar-refractivity contribution in [3.8, 4) is 22.6 Å². The molecular formula is C22H27NO4. The van der Waals surface area contributed by atoms with Crippen LogP contribution in [-0.2, 0) is 0 Å². The van der Waals surface area contributed by atoms with Gasteiger partial charge in [-0.15, -0.1) is 0 Å². The van der Waals surface area contributed by atoms with Gasteiger partial charge in [0.2, 0.25) is 0 Å². The molecule has 0 aliphatic heterocycles. The fraction of sp³-hybridized carbons (Fsp3) is 0.409. The fourth-order valence-electron chi connectivity index (χ4n) is 3.81. The van der Waals surface area contributed by atoms with E-state index in [1.165, 1.54) is 13.5 Å². The summed E-state index contributed by atoms with van der Waals surface area (Å²) >= 11 is 0. The number of aliphatic hydroxyl groups excluding tert-OH is 1. The van der Waals surface area contributed by atoms with Crippen molar-refractivity contribution in [2.75, 3.05) is 20.3 Å². The normalized spacial score (nSPS) is 14.7. The van der Waals surface area contributed by atoms with E-state index in [0.29, 0.717) is 17.9 Å². The zero-order valence-corrected chi connectivity index (χ0v) is 15.7. The molecule has 1 saturated carbocycles. The van der Waals surface area contributed by atoms with Gasteiger partial charge in [-0.2, -0.15) is 0 Å². The SMILES string of the molecule is COc1cc(-c2cccc(C(=O)N(CCO)C3CCCCC3)c2)ccc1O. The van der Waals surface area contributed by atoms with Crippen LogP contribution in [0.3, 0.4) is 0 Å². The van der Waals surface area contributed by atoms with Crippen LogP contribution >= 0.6 is 0 Å². The van der Waals surface area contributed by atoms with Gasteiger partial charge in [0.15, 0.2) is 11.5 Å². The maximum atomic E-state index is 13.1. The molecule has 144 valence electrons. The lowest BCUT2D eigenvalue weighted by molar-refractivity contribution is 0.0585. The molecule has 1 aliphatic carbocycles. The first-order valence-corrected chi connectivity index (χ1v) is 9.53. The highest BCUT2D eigenvalue weighted by molar-refractivity contribution is 5.95. The highest BCUT2D eigenvalue weighted by atomic mass is 16.5. The van der Waals surface area contributed by atoms with Crippen LogP contribution in [0.2, 0.25) is 0 Å². The second-order valence-corrected chi connectivity index (χ2v) is 6.98. The molecule has 0 spiro atoms. The molecule has 0 aromatic heterocycles. The molecular weight excluding hydrogens is 342 g/mol. The molecule has 0 unspecified atom stereocenters. The van der Waals surface area contributed by atoms with Crippen LogP contribution in [0.15, 0.2) is 42.5 Å². The zero-order chi connectivity index (χ0) is 19.2. The lowest BCUT2D eigenvalue weighted by Gasteiger charge is -2.34. The minimum atomic E-state index is -0.0384. The van der Waals surface area contributed by atoms with Gasteiger partial charge >= 0.3 is 0 Å². The molecule has 2 aromatic rings. The number of aromatic hydroxyl groups is 1. The molecule has 5 nitrogen and oxygen atoms in total. The van der Waals surface area contributed by atoms with Gasteiger partial charge in [-0.05, 0) is 48.2 Å². The number of nitrogens with zero attached hydrogens (tertiary/aromatic N) is 1. The summed E-state index contributed by atoms with van der Waals surface area (Å²) in [4.78, 5) is 15.0. The van der Waals surface area contributed by atoms with E-state index in [1.54, 1.807) is 18.2 Å². The van der Waals surface area contributed by atoms with Crippen LogP contribution in [0.4, 0.5) is 0 Å². The predicted molar refractivity (Wildman–Crippen MR) is 105 cm³/mol. The van der Waals surface area contributed by atoms with Crippen molar-refractivity contribution in [3.05, 3.63) is 48.0 Å². The molecule has 0 atom stereocenters. The molecule has 2 N–H and O–H groups in total. The van der Waals surface area contributed by atoms with Crippen molar-refractivity contribution in [1.29, 1.82) is 0 Å². The summed E-state index contributed by atoms with van der Waals surface area (Å²) in [7, 11) is 1.51. The first-order chi connectivity index (χ1) is 13.1. The van der Waals surface area contributed by atoms with Crippen LogP contribution < -0.4 is 4.74 Å². The lowest BCUT2D eigenvalue weighted by Crippen LogP contribution is -2.43. The van der Waals surface area contributed by atoms with Crippen molar-refractivity contribution in [2.24, 2.45) is 0 Å². The van der Waals surface area contributed by atoms with Gasteiger partial charge in [-0.25, -0.2) is 0 Å². The number of phenols is 1. The van der Waals surface area contributed by atoms with Crippen molar-refractivity contribution >= 4 is 5.91 Å². The Morgan fingerprint density at radius 2 is 1.85 bits per heavy atom. The summed E-state index contributed by atoms with van der Waals surface area (Å²) < 4.78 is 5.18. The van der Waals surface area contributed by atoms with Crippen LogP contribution in [0.25, 0.3) is 11.1 Å². The van der Waals surface area contributed by atoms with Crippen LogP contribution in [0.1, 0.15) is 42.5 Å². The van der Waals surface area contributed by atoms with E-state index in [2.05, 4.69) is 0 Å². The molecule has 1 amide bonds. The van der Waals surface area contributed by atoms with Crippen molar-refractivity contribution in [2.45, 2.75) is 38.1 Å². The molecule has 2 aromatic carbocycles. The summed E-state index contributed by atoms with van der Waals surface area (Å²) in [5.74, 6) is 0.441. The van der Waals surface area contributed by atoms with E-state index in [1.807, 2.05) is 29.2 Å². The van der Waals surface area contributed by atoms with Crippen molar-refractivity contribution in [3.63, 3.8) is 0 Å². The topological polar surface area (TPSA) is 70.0 Å². The van der Waals surface area contributed by atoms with E-state index in [4.69, 9.17) is 4.74 Å². The second kappa shape index (κ2) is 8.91. The van der Waals surface area contributed by atoms with Crippen molar-refractivity contribution in [1.82, 2.24) is 4.90 Å². The number of benzene rings is 2. The minimum Gasteiger partial charge on any atom is -0.504 e. The van der Waals surface area contributed by atoms with Crippen LogP contribution in [0, 0.1) is 0 Å². The minimum absolute atomic E-state index is 0.0307. The number of hydrogen-bond donors (Lipinski definition) is 2. The number of amides is 1. The summed E-state index contributed by atoms with van der Waals surface area (Å²) in [6, 6.07) is 12.8. The Labute approximate surface area is 160 Å². The highest BCUT2D eigenvalue weighted by Crippen LogP contribution is 2.32. The van der Waals surface area contributed by atoms with E-state index < -0.39 is 0 Å². The van der Waals surface area contributed by atoms with Gasteiger partial charge in [0.1, 0.15) is 0 Å². The molecule has 5 heteroatoms. The predicted octanol–water partition coefficient (Wildman–Crippen LogP) is 3.84. The van der Waals surface area contributed by atoms with Gasteiger partial charge in [0, 0.05) is 18.2 Å². The van der Waals surface area contributed by atoms with E-state index in [0.717, 1.165) is 36.8 Å². The zero-order valence-electron chi connectivity index (χ0n) is 15.7. The van der Waals surface area contributed by atoms with Crippen LogP contribution in [-0.4, -0.2) is 47.3 Å². The second-order valence-electron chi connectivity index (χ2n) is 6.98. The maximum Gasteiger partial charge on any atom is 0.254 e. The number of phenolic OH excluding ortho intramolecular Hbond substituents is 1. The first-order valence-electron chi connectivity index (χ1n) is 9.53. The number of aliphatic hydroxyl groups is 1. The Bertz CT molecular complexity index is 784. The Morgan fingerprint density at radius 3 is 2.56 bits per heavy atom. The van der Waals surface area contributed by atoms with Gasteiger partial charge in [0.25, 0.3) is 5.91 Å². The lowest BCUT2D eigenvalue weighted by atomic mass is 9.93. The van der Waals surface area contributed by atoms with Gasteiger partial charge in [0.05, 0.1) is 13.7 Å². The largest absolute Gasteiger partial charge is 0.504 e. The summed E-state index contributed by atoms with van der Waals surface area (Å²) in [6.45, 7) is 0.331. The maximum absolute atomic E-state index is 13.1. The molecule has 1 fully saturated rings. The number of ether oxygens (including phenoxy) is 1. The molecule has 27 heavy (non-hydrogen) atoms. The summed E-state index contributed by atoms with van der Waals surface area (Å²) in [5, 5.41) is 19.2. The standard InChI is InChI=1S/C22H27NO4/c1-27-21-15-17(10-11-20(21)25)16-6-5-7-18(14-16)22(26)23(12-13-24)19-8-3-2-4-9-19/h5-7,10-11,14-15,19,24-25H,2-4,8-9,12-13H2,1H3. The Morgan fingerprint density at radius 1 is 1.11 bits per heavy atom. The summed E-state index contributed by atoms with van der Waals surface area (Å²) in [6.07, 6.45) is 5.48. The van der Waals surface area contributed by atoms with E-state index in [9.17, 15) is 15.0 Å². The molecule has 0 radical (unpaired) electrons. The monoisotopic (exact) mass is 369 g/mol. The summed E-state index contributed by atoms with van der Waals surface area (Å²) in [5.41, 5.74) is 2.36. The molecule has 0 bridgehead atoms.